The van der Waals surface area contributed by atoms with Gasteiger partial charge in [-0.1, -0.05) is 35.9 Å². The molecule has 1 fully saturated rings. The molecule has 39 heavy (non-hydrogen) atoms. The summed E-state index contributed by atoms with van der Waals surface area (Å²) in [6, 6.07) is 14.8. The van der Waals surface area contributed by atoms with Crippen molar-refractivity contribution < 1.29 is 26.8 Å². The van der Waals surface area contributed by atoms with Crippen molar-refractivity contribution in [1.82, 2.24) is 15.6 Å². The second-order valence-corrected chi connectivity index (χ2v) is 12.1. The first kappa shape index (κ1) is 28.1. The molecule has 1 atom stereocenters. The number of pyridine rings is 1. The Labute approximate surface area is 228 Å². The first-order valence-corrected chi connectivity index (χ1v) is 14.0. The van der Waals surface area contributed by atoms with Crippen molar-refractivity contribution in [1.29, 1.82) is 5.26 Å². The fourth-order valence-electron chi connectivity index (χ4n) is 4.36. The summed E-state index contributed by atoms with van der Waals surface area (Å²) in [5.74, 6) is -4.84. The number of halogens is 3. The largest absolute Gasteiger partial charge is 0.335 e. The summed E-state index contributed by atoms with van der Waals surface area (Å²) in [6.07, 6.45) is 0.802. The molecule has 0 unspecified atom stereocenters. The lowest BCUT2D eigenvalue weighted by Gasteiger charge is -2.37. The van der Waals surface area contributed by atoms with Gasteiger partial charge in [0.2, 0.25) is 0 Å². The monoisotopic (exact) mass is 572 g/mol. The van der Waals surface area contributed by atoms with E-state index in [1.54, 1.807) is 24.3 Å². The molecule has 0 saturated carbocycles. The number of carbonyl (C=O) groups excluding carboxylic acids is 2. The van der Waals surface area contributed by atoms with Crippen LogP contribution in [0.15, 0.2) is 60.8 Å². The number of sulfone groups is 1. The first-order valence-electron chi connectivity index (χ1n) is 11.8. The summed E-state index contributed by atoms with van der Waals surface area (Å²) >= 11 is 6.21. The number of benzene rings is 2. The highest BCUT2D eigenvalue weighted by atomic mass is 35.5. The molecule has 2 aromatic carbocycles. The molecule has 1 aliphatic heterocycles. The molecule has 4 rings (SSSR count). The van der Waals surface area contributed by atoms with E-state index >= 15 is 0 Å². The molecule has 12 heteroatoms. The highest BCUT2D eigenvalue weighted by molar-refractivity contribution is 7.91. The third kappa shape index (κ3) is 5.77. The molecular weight excluding hydrogens is 550 g/mol. The quantitative estimate of drug-likeness (QED) is 0.461. The van der Waals surface area contributed by atoms with Crippen LogP contribution in [0.25, 0.3) is 11.3 Å². The third-order valence-electron chi connectivity index (χ3n) is 6.70. The van der Waals surface area contributed by atoms with Crippen molar-refractivity contribution in [2.24, 2.45) is 0 Å². The van der Waals surface area contributed by atoms with Crippen LogP contribution in [-0.2, 0) is 20.2 Å². The first-order chi connectivity index (χ1) is 18.4. The van der Waals surface area contributed by atoms with Crippen molar-refractivity contribution >= 4 is 33.3 Å². The molecular formula is C27H23ClF2N4O4S. The fourth-order valence-corrected chi connectivity index (χ4v) is 6.11. The summed E-state index contributed by atoms with van der Waals surface area (Å²) in [7, 11) is -3.39. The van der Waals surface area contributed by atoms with Crippen LogP contribution in [0.5, 0.6) is 0 Å². The van der Waals surface area contributed by atoms with Crippen LogP contribution in [0.1, 0.15) is 35.7 Å². The topological polar surface area (TPSA) is 129 Å². The summed E-state index contributed by atoms with van der Waals surface area (Å²) < 4.78 is 53.7. The van der Waals surface area contributed by atoms with Crippen LogP contribution in [0.4, 0.5) is 8.78 Å². The summed E-state index contributed by atoms with van der Waals surface area (Å²) in [5.41, 5.74) is -3.59. The lowest BCUT2D eigenvalue weighted by atomic mass is 9.86. The van der Waals surface area contributed by atoms with E-state index in [4.69, 9.17) is 11.6 Å². The molecule has 0 radical (unpaired) electrons. The van der Waals surface area contributed by atoms with Gasteiger partial charge in [-0.25, -0.2) is 17.2 Å². The summed E-state index contributed by atoms with van der Waals surface area (Å²) in [4.78, 5) is 31.1. The Morgan fingerprint density at radius 1 is 1.05 bits per heavy atom. The predicted molar refractivity (Wildman–Crippen MR) is 140 cm³/mol. The molecule has 0 spiro atoms. The number of amides is 2. The Kier molecular flexibility index (Phi) is 7.73. The lowest BCUT2D eigenvalue weighted by molar-refractivity contribution is -0.128. The summed E-state index contributed by atoms with van der Waals surface area (Å²) in [5, 5.41) is 15.1. The molecule has 2 N–H and O–H groups in total. The van der Waals surface area contributed by atoms with E-state index in [2.05, 4.69) is 15.6 Å². The number of nitrogens with zero attached hydrogens (tertiary/aromatic N) is 2. The Balaban J connectivity index is 1.67. The number of hydrogen-bond acceptors (Lipinski definition) is 6. The maximum absolute atomic E-state index is 15.0. The van der Waals surface area contributed by atoms with E-state index in [-0.39, 0.29) is 29.9 Å². The van der Waals surface area contributed by atoms with E-state index < -0.39 is 49.9 Å². The highest BCUT2D eigenvalue weighted by Crippen LogP contribution is 2.31. The van der Waals surface area contributed by atoms with Gasteiger partial charge in [0.05, 0.1) is 34.4 Å². The van der Waals surface area contributed by atoms with Gasteiger partial charge in [0, 0.05) is 16.8 Å². The van der Waals surface area contributed by atoms with E-state index in [0.717, 1.165) is 25.1 Å². The number of carbonyl (C=O) groups is 2. The van der Waals surface area contributed by atoms with Gasteiger partial charge in [-0.05, 0) is 50.1 Å². The normalized spacial score (nSPS) is 17.3. The van der Waals surface area contributed by atoms with Crippen LogP contribution in [0.3, 0.4) is 0 Å². The minimum Gasteiger partial charge on any atom is -0.335 e. The Bertz CT molecular complexity index is 1560. The number of nitriles is 1. The predicted octanol–water partition coefficient (Wildman–Crippen LogP) is 3.91. The van der Waals surface area contributed by atoms with Crippen molar-refractivity contribution in [3.05, 3.63) is 88.6 Å². The van der Waals surface area contributed by atoms with E-state index in [1.165, 1.54) is 18.3 Å². The minimum atomic E-state index is -3.39. The number of hydrogen-bond donors (Lipinski definition) is 2. The third-order valence-corrected chi connectivity index (χ3v) is 8.68. The van der Waals surface area contributed by atoms with E-state index in [1.807, 2.05) is 6.07 Å². The SMILES string of the molecule is C[C@@](NC(=O)c1ccc(-c2ccccc2Cl)nc1)(C(=O)NC1(C#N)CCS(=O)(=O)CC1)c1c(F)cccc1F. The van der Waals surface area contributed by atoms with Crippen LogP contribution in [0.2, 0.25) is 5.02 Å². The maximum atomic E-state index is 15.0. The second kappa shape index (κ2) is 10.7. The van der Waals surface area contributed by atoms with Crippen LogP contribution >= 0.6 is 11.6 Å². The van der Waals surface area contributed by atoms with Crippen LogP contribution in [0, 0.1) is 23.0 Å². The molecule has 8 nitrogen and oxygen atoms in total. The van der Waals surface area contributed by atoms with Gasteiger partial charge in [-0.2, -0.15) is 5.26 Å². The minimum absolute atomic E-state index is 0.0136. The number of aromatic nitrogens is 1. The van der Waals surface area contributed by atoms with Crippen molar-refractivity contribution in [3.8, 4) is 17.3 Å². The van der Waals surface area contributed by atoms with Crippen molar-refractivity contribution in [3.63, 3.8) is 0 Å². The molecule has 1 saturated heterocycles. The molecule has 3 aromatic rings. The molecule has 2 amide bonds. The second-order valence-electron chi connectivity index (χ2n) is 9.39. The van der Waals surface area contributed by atoms with Gasteiger partial charge in [0.1, 0.15) is 22.7 Å². The summed E-state index contributed by atoms with van der Waals surface area (Å²) in [6.45, 7) is 1.11. The average Bonchev–Trinajstić information content (AvgIpc) is 2.90. The smallest absolute Gasteiger partial charge is 0.253 e. The molecule has 2 heterocycles. The Hall–Kier alpha value is -3.88. The Morgan fingerprint density at radius 3 is 2.26 bits per heavy atom. The molecule has 0 bridgehead atoms. The van der Waals surface area contributed by atoms with E-state index in [0.29, 0.717) is 16.3 Å². The average molecular weight is 573 g/mol. The fraction of sp³-hybridized carbons (Fsp3) is 0.259. The molecule has 1 aliphatic rings. The van der Waals surface area contributed by atoms with Gasteiger partial charge < -0.3 is 10.6 Å². The van der Waals surface area contributed by atoms with Gasteiger partial charge in [-0.3, -0.25) is 14.6 Å². The maximum Gasteiger partial charge on any atom is 0.253 e. The zero-order valence-corrected chi connectivity index (χ0v) is 22.2. The standard InChI is InChI=1S/C27H23ClF2N4O4S/c1-26(23-20(29)7-4-8-21(23)30,25(36)34-27(16-31)11-13-39(37,38)14-12-27)33-24(35)17-9-10-22(32-15-17)18-5-2-3-6-19(18)28/h2-10,15H,11-14H2,1H3,(H,33,35)(H,34,36)/t26-/m0/s1. The number of rotatable bonds is 6. The Morgan fingerprint density at radius 2 is 1.69 bits per heavy atom. The zero-order chi connectivity index (χ0) is 28.4. The van der Waals surface area contributed by atoms with E-state index in [9.17, 15) is 32.0 Å². The molecule has 0 aliphatic carbocycles. The highest BCUT2D eigenvalue weighted by Gasteiger charge is 2.47. The van der Waals surface area contributed by atoms with Gasteiger partial charge >= 0.3 is 0 Å². The van der Waals surface area contributed by atoms with Crippen molar-refractivity contribution in [2.75, 3.05) is 11.5 Å². The van der Waals surface area contributed by atoms with Gasteiger partial charge in [0.25, 0.3) is 11.8 Å². The van der Waals surface area contributed by atoms with Crippen LogP contribution < -0.4 is 10.6 Å². The van der Waals surface area contributed by atoms with Crippen LogP contribution in [-0.4, -0.2) is 42.3 Å². The zero-order valence-electron chi connectivity index (χ0n) is 20.7. The molecule has 1 aromatic heterocycles. The van der Waals surface area contributed by atoms with Crippen molar-refractivity contribution in [2.45, 2.75) is 30.8 Å². The van der Waals surface area contributed by atoms with Gasteiger partial charge in [0.15, 0.2) is 9.84 Å². The number of nitrogens with one attached hydrogen (secondary N) is 2. The van der Waals surface area contributed by atoms with Gasteiger partial charge in [-0.15, -0.1) is 0 Å². The lowest BCUT2D eigenvalue weighted by Crippen LogP contribution is -2.61. The molecule has 202 valence electrons.